The molecule has 6 rings (SSSR count). The summed E-state index contributed by atoms with van der Waals surface area (Å²) in [6.45, 7) is 2.96. The summed E-state index contributed by atoms with van der Waals surface area (Å²) in [7, 11) is 0. The molecule has 0 radical (unpaired) electrons. The molecular formula is C23H23N5OS. The minimum Gasteiger partial charge on any atom is -0.330 e. The Morgan fingerprint density at radius 1 is 1.23 bits per heavy atom. The molecular weight excluding hydrogens is 394 g/mol. The Morgan fingerprint density at radius 3 is 2.97 bits per heavy atom. The number of hydrogen-bond acceptors (Lipinski definition) is 6. The number of β-lactam (4-membered cyclic amide) rings is 1. The van der Waals surface area contributed by atoms with E-state index in [0.717, 1.165) is 46.2 Å². The van der Waals surface area contributed by atoms with E-state index in [1.165, 1.54) is 18.4 Å². The molecule has 1 saturated carbocycles. The Hall–Kier alpha value is -2.80. The fourth-order valence-corrected chi connectivity index (χ4v) is 5.90. The van der Waals surface area contributed by atoms with Crippen molar-refractivity contribution in [2.45, 2.75) is 50.5 Å². The molecule has 7 heteroatoms. The highest BCUT2D eigenvalue weighted by Crippen LogP contribution is 2.51. The molecule has 0 spiro atoms. The van der Waals surface area contributed by atoms with Crippen LogP contribution in [0.1, 0.15) is 54.3 Å². The SMILES string of the molecule is Cc1cc(Nc2nccc(C3CC3)n2)cc(-c2cnc(C34CCCN3C(=O)C4)s2)c1. The number of nitrogens with zero attached hydrogens (tertiary/aromatic N) is 4. The summed E-state index contributed by atoms with van der Waals surface area (Å²) in [4.78, 5) is 28.9. The van der Waals surface area contributed by atoms with Gasteiger partial charge in [-0.2, -0.15) is 0 Å². The van der Waals surface area contributed by atoms with Crippen molar-refractivity contribution in [2.75, 3.05) is 11.9 Å². The molecule has 1 aliphatic carbocycles. The average molecular weight is 418 g/mol. The lowest BCUT2D eigenvalue weighted by Gasteiger charge is -2.45. The van der Waals surface area contributed by atoms with Gasteiger partial charge in [0.05, 0.1) is 11.3 Å². The number of nitrogens with one attached hydrogen (secondary N) is 1. The number of thiazole rings is 1. The van der Waals surface area contributed by atoms with Gasteiger partial charge in [-0.3, -0.25) is 4.79 Å². The lowest BCUT2D eigenvalue weighted by molar-refractivity contribution is -0.153. The van der Waals surface area contributed by atoms with E-state index < -0.39 is 0 Å². The van der Waals surface area contributed by atoms with Crippen molar-refractivity contribution in [3.05, 3.63) is 52.9 Å². The van der Waals surface area contributed by atoms with Crippen molar-refractivity contribution in [1.82, 2.24) is 19.9 Å². The van der Waals surface area contributed by atoms with Gasteiger partial charge in [-0.15, -0.1) is 11.3 Å². The molecule has 0 bridgehead atoms. The number of benzene rings is 1. The Bertz CT molecular complexity index is 1150. The fourth-order valence-electron chi connectivity index (χ4n) is 4.77. The highest BCUT2D eigenvalue weighted by Gasteiger charge is 2.56. The predicted molar refractivity (Wildman–Crippen MR) is 117 cm³/mol. The molecule has 4 heterocycles. The van der Waals surface area contributed by atoms with E-state index in [9.17, 15) is 4.79 Å². The fraction of sp³-hybridized carbons (Fsp3) is 0.391. The Labute approximate surface area is 179 Å². The van der Waals surface area contributed by atoms with E-state index in [1.54, 1.807) is 11.3 Å². The van der Waals surface area contributed by atoms with E-state index in [2.05, 4.69) is 40.4 Å². The maximum absolute atomic E-state index is 12.0. The summed E-state index contributed by atoms with van der Waals surface area (Å²) >= 11 is 1.71. The number of aryl methyl sites for hydroxylation is 1. The van der Waals surface area contributed by atoms with Crippen molar-refractivity contribution in [3.63, 3.8) is 0 Å². The lowest BCUT2D eigenvalue weighted by Crippen LogP contribution is -2.57. The molecule has 1 unspecified atom stereocenters. The van der Waals surface area contributed by atoms with Gasteiger partial charge in [0, 0.05) is 36.2 Å². The number of carbonyl (C=O) groups is 1. The molecule has 152 valence electrons. The maximum Gasteiger partial charge on any atom is 0.227 e. The Kier molecular flexibility index (Phi) is 3.96. The molecule has 1 N–H and O–H groups in total. The largest absolute Gasteiger partial charge is 0.330 e. The first-order valence-corrected chi connectivity index (χ1v) is 11.4. The van der Waals surface area contributed by atoms with Crippen LogP contribution in [0.3, 0.4) is 0 Å². The van der Waals surface area contributed by atoms with Gasteiger partial charge in [-0.25, -0.2) is 15.0 Å². The van der Waals surface area contributed by atoms with Crippen LogP contribution in [-0.2, 0) is 10.3 Å². The van der Waals surface area contributed by atoms with Gasteiger partial charge in [-0.05, 0) is 61.9 Å². The van der Waals surface area contributed by atoms with Gasteiger partial charge in [-0.1, -0.05) is 6.07 Å². The van der Waals surface area contributed by atoms with E-state index in [4.69, 9.17) is 4.98 Å². The summed E-state index contributed by atoms with van der Waals surface area (Å²) in [5.41, 5.74) is 4.27. The van der Waals surface area contributed by atoms with E-state index in [1.807, 2.05) is 23.4 Å². The number of fused-ring (bicyclic) bond motifs is 1. The normalized spacial score (nSPS) is 22.7. The molecule has 1 atom stereocenters. The molecule has 2 aliphatic heterocycles. The zero-order valence-corrected chi connectivity index (χ0v) is 17.7. The zero-order valence-electron chi connectivity index (χ0n) is 16.9. The zero-order chi connectivity index (χ0) is 20.3. The quantitative estimate of drug-likeness (QED) is 0.607. The van der Waals surface area contributed by atoms with Gasteiger partial charge in [0.25, 0.3) is 0 Å². The second kappa shape index (κ2) is 6.60. The number of rotatable bonds is 5. The van der Waals surface area contributed by atoms with E-state index in [-0.39, 0.29) is 11.4 Å². The van der Waals surface area contributed by atoms with Crippen molar-refractivity contribution in [1.29, 1.82) is 0 Å². The molecule has 1 amide bonds. The summed E-state index contributed by atoms with van der Waals surface area (Å²) in [5.74, 6) is 1.51. The Balaban J connectivity index is 1.28. The van der Waals surface area contributed by atoms with E-state index in [0.29, 0.717) is 18.3 Å². The first kappa shape index (κ1) is 18.0. The molecule has 2 saturated heterocycles. The minimum atomic E-state index is -0.137. The van der Waals surface area contributed by atoms with Gasteiger partial charge in [0.1, 0.15) is 10.5 Å². The van der Waals surface area contributed by atoms with Crippen LogP contribution in [0, 0.1) is 6.92 Å². The van der Waals surface area contributed by atoms with Crippen LogP contribution in [0.15, 0.2) is 36.7 Å². The van der Waals surface area contributed by atoms with Crippen molar-refractivity contribution >= 4 is 28.9 Å². The molecule has 3 fully saturated rings. The van der Waals surface area contributed by atoms with Crippen LogP contribution in [0.5, 0.6) is 0 Å². The molecule has 2 aromatic heterocycles. The molecule has 1 aromatic carbocycles. The van der Waals surface area contributed by atoms with Crippen LogP contribution >= 0.6 is 11.3 Å². The van der Waals surface area contributed by atoms with Gasteiger partial charge in [0.2, 0.25) is 11.9 Å². The monoisotopic (exact) mass is 417 g/mol. The number of carbonyl (C=O) groups excluding carboxylic acids is 1. The van der Waals surface area contributed by atoms with Crippen LogP contribution in [-0.4, -0.2) is 32.3 Å². The summed E-state index contributed by atoms with van der Waals surface area (Å²) in [6.07, 6.45) is 8.94. The van der Waals surface area contributed by atoms with Gasteiger partial charge < -0.3 is 10.2 Å². The standard InChI is InChI=1S/C23H23N5OS/c1-14-9-16(11-17(10-14)26-22-24-7-5-18(27-22)15-3-4-15)19-13-25-21(30-19)23-6-2-8-28(23)20(29)12-23/h5,7,9-11,13,15H,2-4,6,8,12H2,1H3,(H,24,26,27). The van der Waals surface area contributed by atoms with Crippen molar-refractivity contribution < 1.29 is 4.79 Å². The summed E-state index contributed by atoms with van der Waals surface area (Å²) < 4.78 is 0. The maximum atomic E-state index is 12.0. The van der Waals surface area contributed by atoms with Crippen LogP contribution in [0.2, 0.25) is 0 Å². The average Bonchev–Trinajstić information content (AvgIpc) is 3.35. The lowest BCUT2D eigenvalue weighted by atomic mass is 9.85. The molecule has 6 nitrogen and oxygen atoms in total. The number of amides is 1. The first-order chi connectivity index (χ1) is 14.6. The highest BCUT2D eigenvalue weighted by molar-refractivity contribution is 7.15. The highest BCUT2D eigenvalue weighted by atomic mass is 32.1. The third-order valence-corrected chi connectivity index (χ3v) is 7.67. The first-order valence-electron chi connectivity index (χ1n) is 10.6. The van der Waals surface area contributed by atoms with Crippen LogP contribution < -0.4 is 5.32 Å². The smallest absolute Gasteiger partial charge is 0.227 e. The second-order valence-corrected chi connectivity index (χ2v) is 9.71. The summed E-state index contributed by atoms with van der Waals surface area (Å²) in [6, 6.07) is 8.44. The van der Waals surface area contributed by atoms with Crippen LogP contribution in [0.4, 0.5) is 11.6 Å². The number of anilines is 2. The van der Waals surface area contributed by atoms with Crippen molar-refractivity contribution in [3.8, 4) is 10.4 Å². The van der Waals surface area contributed by atoms with Gasteiger partial charge in [0.15, 0.2) is 0 Å². The molecule has 3 aliphatic rings. The van der Waals surface area contributed by atoms with Gasteiger partial charge >= 0.3 is 0 Å². The summed E-state index contributed by atoms with van der Waals surface area (Å²) in [5, 5.41) is 4.46. The number of hydrogen-bond donors (Lipinski definition) is 1. The molecule has 30 heavy (non-hydrogen) atoms. The van der Waals surface area contributed by atoms with E-state index >= 15 is 0 Å². The Morgan fingerprint density at radius 2 is 2.13 bits per heavy atom. The minimum absolute atomic E-state index is 0.137. The molecule has 3 aromatic rings. The van der Waals surface area contributed by atoms with Crippen molar-refractivity contribution in [2.24, 2.45) is 0 Å². The predicted octanol–water partition coefficient (Wildman–Crippen LogP) is 4.75. The number of aromatic nitrogens is 3. The van der Waals surface area contributed by atoms with Crippen LogP contribution in [0.25, 0.3) is 10.4 Å². The third-order valence-electron chi connectivity index (χ3n) is 6.43. The topological polar surface area (TPSA) is 71.0 Å². The third kappa shape index (κ3) is 2.91. The second-order valence-electron chi connectivity index (χ2n) is 8.68.